The molecule has 0 spiro atoms. The summed E-state index contributed by atoms with van der Waals surface area (Å²) in [4.78, 5) is 23.5. The number of ether oxygens (including phenoxy) is 1. The van der Waals surface area contributed by atoms with Gasteiger partial charge in [-0.05, 0) is 51.2 Å². The van der Waals surface area contributed by atoms with Crippen LogP contribution in [0.5, 0.6) is 5.88 Å². The van der Waals surface area contributed by atoms with Gasteiger partial charge in [-0.3, -0.25) is 4.79 Å². The molecule has 1 saturated heterocycles. The van der Waals surface area contributed by atoms with Gasteiger partial charge in [0.25, 0.3) is 5.91 Å². The van der Waals surface area contributed by atoms with Crippen molar-refractivity contribution in [1.29, 1.82) is 0 Å². The smallest absolute Gasteiger partial charge is 0.262 e. The van der Waals surface area contributed by atoms with E-state index in [1.54, 1.807) is 6.07 Å². The van der Waals surface area contributed by atoms with Gasteiger partial charge in [0.05, 0.1) is 0 Å². The van der Waals surface area contributed by atoms with Gasteiger partial charge in [0.2, 0.25) is 11.8 Å². The number of carbonyl (C=O) groups excluding carboxylic acids is 1. The number of carbonyl (C=O) groups is 1. The Morgan fingerprint density at radius 3 is 2.81 bits per heavy atom. The summed E-state index contributed by atoms with van der Waals surface area (Å²) in [6.07, 6.45) is 2.39. The molecular weight excluding hydrogens is 340 g/mol. The first kappa shape index (κ1) is 19.1. The Kier molecular flexibility index (Phi) is 5.94. The predicted molar refractivity (Wildman–Crippen MR) is 107 cm³/mol. The molecule has 1 aromatic heterocycles. The van der Waals surface area contributed by atoms with E-state index in [0.29, 0.717) is 17.7 Å². The minimum Gasteiger partial charge on any atom is -0.467 e. The van der Waals surface area contributed by atoms with Crippen LogP contribution < -0.4 is 15.0 Å². The summed E-state index contributed by atoms with van der Waals surface area (Å²) in [5.74, 6) is 1.56. The van der Waals surface area contributed by atoms with Crippen LogP contribution in [0, 0.1) is 26.7 Å². The minimum atomic E-state index is -0.202. The summed E-state index contributed by atoms with van der Waals surface area (Å²) in [5.41, 5.74) is 3.83. The van der Waals surface area contributed by atoms with Crippen molar-refractivity contribution < 1.29 is 9.53 Å². The highest BCUT2D eigenvalue weighted by molar-refractivity contribution is 5.92. The highest BCUT2D eigenvalue weighted by Crippen LogP contribution is 2.22. The summed E-state index contributed by atoms with van der Waals surface area (Å²) in [6, 6.07) is 7.69. The van der Waals surface area contributed by atoms with E-state index in [2.05, 4.69) is 27.1 Å². The second-order valence-electron chi connectivity index (χ2n) is 7.50. The van der Waals surface area contributed by atoms with Crippen molar-refractivity contribution in [3.63, 3.8) is 0 Å². The summed E-state index contributed by atoms with van der Waals surface area (Å²) in [7, 11) is 0. The fraction of sp³-hybridized carbons (Fsp3) is 0.476. The molecule has 2 aromatic rings. The first-order chi connectivity index (χ1) is 12.9. The van der Waals surface area contributed by atoms with E-state index in [1.165, 1.54) is 6.42 Å². The van der Waals surface area contributed by atoms with E-state index < -0.39 is 0 Å². The Morgan fingerprint density at radius 1 is 1.26 bits per heavy atom. The molecule has 2 heterocycles. The monoisotopic (exact) mass is 368 g/mol. The number of nitrogens with one attached hydrogen (secondary N) is 1. The Bertz CT molecular complexity index is 822. The fourth-order valence-electron chi connectivity index (χ4n) is 3.39. The lowest BCUT2D eigenvalue weighted by Crippen LogP contribution is -2.35. The largest absolute Gasteiger partial charge is 0.467 e. The molecule has 0 saturated carbocycles. The zero-order valence-electron chi connectivity index (χ0n) is 16.6. The fourth-order valence-corrected chi connectivity index (χ4v) is 3.39. The third-order valence-corrected chi connectivity index (χ3v) is 4.77. The van der Waals surface area contributed by atoms with Crippen LogP contribution in [0.2, 0.25) is 0 Å². The van der Waals surface area contributed by atoms with Gasteiger partial charge in [-0.1, -0.05) is 24.6 Å². The zero-order valence-corrected chi connectivity index (χ0v) is 16.6. The van der Waals surface area contributed by atoms with Crippen molar-refractivity contribution in [2.45, 2.75) is 40.5 Å². The summed E-state index contributed by atoms with van der Waals surface area (Å²) in [5, 5.41) is 2.89. The molecule has 0 radical (unpaired) electrons. The van der Waals surface area contributed by atoms with E-state index in [-0.39, 0.29) is 12.5 Å². The second-order valence-corrected chi connectivity index (χ2v) is 7.50. The number of aromatic nitrogens is 2. The number of rotatable bonds is 5. The number of amides is 1. The molecule has 1 atom stereocenters. The van der Waals surface area contributed by atoms with E-state index in [4.69, 9.17) is 4.74 Å². The molecule has 1 aliphatic heterocycles. The average Bonchev–Trinajstić information content (AvgIpc) is 2.62. The van der Waals surface area contributed by atoms with Gasteiger partial charge >= 0.3 is 0 Å². The molecule has 1 aromatic carbocycles. The maximum atomic E-state index is 12.2. The highest BCUT2D eigenvalue weighted by atomic mass is 16.5. The molecule has 1 aliphatic rings. The van der Waals surface area contributed by atoms with Gasteiger partial charge in [0.1, 0.15) is 0 Å². The number of piperidine rings is 1. The molecule has 1 unspecified atom stereocenters. The van der Waals surface area contributed by atoms with Crippen LogP contribution in [0.4, 0.5) is 11.6 Å². The number of nitrogens with zero attached hydrogens (tertiary/aromatic N) is 3. The van der Waals surface area contributed by atoms with E-state index >= 15 is 0 Å². The lowest BCUT2D eigenvalue weighted by atomic mass is 10.0. The Balaban J connectivity index is 1.62. The van der Waals surface area contributed by atoms with Gasteiger partial charge in [0.15, 0.2) is 6.61 Å². The van der Waals surface area contributed by atoms with Gasteiger partial charge in [-0.25, -0.2) is 4.98 Å². The van der Waals surface area contributed by atoms with E-state index in [0.717, 1.165) is 42.0 Å². The average molecular weight is 368 g/mol. The van der Waals surface area contributed by atoms with Gasteiger partial charge < -0.3 is 15.0 Å². The van der Waals surface area contributed by atoms with Crippen molar-refractivity contribution in [3.05, 3.63) is 41.1 Å². The zero-order chi connectivity index (χ0) is 19.4. The lowest BCUT2D eigenvalue weighted by Gasteiger charge is -2.31. The van der Waals surface area contributed by atoms with Crippen LogP contribution in [0.25, 0.3) is 0 Å². The molecule has 1 N–H and O–H groups in total. The molecule has 0 bridgehead atoms. The Hall–Kier alpha value is -2.63. The molecular formula is C21H28N4O2. The molecule has 6 heteroatoms. The lowest BCUT2D eigenvalue weighted by molar-refractivity contribution is -0.118. The highest BCUT2D eigenvalue weighted by Gasteiger charge is 2.19. The van der Waals surface area contributed by atoms with Crippen molar-refractivity contribution in [2.24, 2.45) is 5.92 Å². The number of aryl methyl sites for hydroxylation is 3. The molecule has 1 fully saturated rings. The Labute approximate surface area is 161 Å². The summed E-state index contributed by atoms with van der Waals surface area (Å²) < 4.78 is 5.65. The van der Waals surface area contributed by atoms with Crippen molar-refractivity contribution in [3.8, 4) is 5.88 Å². The van der Waals surface area contributed by atoms with E-state index in [1.807, 2.05) is 39.0 Å². The van der Waals surface area contributed by atoms with Crippen LogP contribution >= 0.6 is 0 Å². The van der Waals surface area contributed by atoms with Gasteiger partial charge in [-0.2, -0.15) is 4.98 Å². The van der Waals surface area contributed by atoms with Crippen LogP contribution in [0.15, 0.2) is 24.3 Å². The molecule has 144 valence electrons. The predicted octanol–water partition coefficient (Wildman–Crippen LogP) is 3.66. The number of anilines is 2. The van der Waals surface area contributed by atoms with Crippen molar-refractivity contribution in [2.75, 3.05) is 29.9 Å². The molecule has 6 nitrogen and oxygen atoms in total. The molecule has 3 rings (SSSR count). The topological polar surface area (TPSA) is 67.3 Å². The molecule has 1 amide bonds. The molecule has 0 aliphatic carbocycles. The van der Waals surface area contributed by atoms with Gasteiger partial charge in [0, 0.05) is 30.5 Å². The number of benzene rings is 1. The second kappa shape index (κ2) is 8.37. The maximum absolute atomic E-state index is 12.2. The first-order valence-electron chi connectivity index (χ1n) is 9.51. The first-order valence-corrected chi connectivity index (χ1v) is 9.51. The third kappa shape index (κ3) is 5.18. The maximum Gasteiger partial charge on any atom is 0.262 e. The van der Waals surface area contributed by atoms with Crippen LogP contribution in [-0.4, -0.2) is 35.6 Å². The van der Waals surface area contributed by atoms with Gasteiger partial charge in [-0.15, -0.1) is 0 Å². The quantitative estimate of drug-likeness (QED) is 0.872. The van der Waals surface area contributed by atoms with Crippen LogP contribution in [0.3, 0.4) is 0 Å². The summed E-state index contributed by atoms with van der Waals surface area (Å²) >= 11 is 0. The standard InChI is InChI=1S/C21H28N4O2/c1-14-7-8-18(16(3)10-14)23-19(26)13-27-20-11-17(4)22-21(24-20)25-9-5-6-15(2)12-25/h7-8,10-11,15H,5-6,9,12-13H2,1-4H3,(H,23,26). The SMILES string of the molecule is Cc1ccc(NC(=O)COc2cc(C)nc(N3CCCC(C)C3)n2)c(C)c1. The van der Waals surface area contributed by atoms with Crippen molar-refractivity contribution >= 4 is 17.5 Å². The third-order valence-electron chi connectivity index (χ3n) is 4.77. The summed E-state index contributed by atoms with van der Waals surface area (Å²) in [6.45, 7) is 10.00. The van der Waals surface area contributed by atoms with E-state index in [9.17, 15) is 4.79 Å². The van der Waals surface area contributed by atoms with Crippen LogP contribution in [0.1, 0.15) is 36.6 Å². The number of hydrogen-bond donors (Lipinski definition) is 1. The van der Waals surface area contributed by atoms with Crippen molar-refractivity contribution in [1.82, 2.24) is 9.97 Å². The number of hydrogen-bond acceptors (Lipinski definition) is 5. The minimum absolute atomic E-state index is 0.0837. The van der Waals surface area contributed by atoms with Crippen LogP contribution in [-0.2, 0) is 4.79 Å². The molecule has 27 heavy (non-hydrogen) atoms. The Morgan fingerprint density at radius 2 is 2.07 bits per heavy atom. The normalized spacial score (nSPS) is 16.9.